The molecule has 0 aliphatic carbocycles. The maximum atomic E-state index is 13.8. The first kappa shape index (κ1) is 34.1. The van der Waals surface area contributed by atoms with Crippen LogP contribution in [0.2, 0.25) is 0 Å². The normalized spacial score (nSPS) is 12.6. The lowest BCUT2D eigenvalue weighted by Gasteiger charge is -2.28. The largest absolute Gasteiger partial charge is 0.480 e. The van der Waals surface area contributed by atoms with Crippen molar-refractivity contribution >= 4 is 54.1 Å². The Morgan fingerprint density at radius 2 is 1.24 bits per heavy atom. The Kier molecular flexibility index (Phi) is 9.04. The standard InChI is InChI=1S/C27H18F7N3O7S2/c28-17-7-11-19(12-8-17)45(41,42)36(14-23(38)39)25-21-4-2-1-3-20(21)22(13-35-25)37(15-26(29,30)31)46(43,44)18-9-5-16(6-10-18)24(40)27(32,33)34/h1-13H,14-15H2,(H,38,39). The second-order valence-electron chi connectivity index (χ2n) is 9.35. The van der Waals surface area contributed by atoms with Crippen molar-refractivity contribution in [3.63, 3.8) is 0 Å². The van der Waals surface area contributed by atoms with E-state index in [0.717, 1.165) is 36.4 Å². The average molecular weight is 694 g/mol. The molecule has 1 N–H and O–H groups in total. The summed E-state index contributed by atoms with van der Waals surface area (Å²) in [5.74, 6) is -5.46. The lowest BCUT2D eigenvalue weighted by molar-refractivity contribution is -0.135. The van der Waals surface area contributed by atoms with Crippen molar-refractivity contribution < 1.29 is 62.3 Å². The Morgan fingerprint density at radius 3 is 1.74 bits per heavy atom. The molecular weight excluding hydrogens is 675 g/mol. The highest BCUT2D eigenvalue weighted by Gasteiger charge is 2.41. The van der Waals surface area contributed by atoms with Crippen LogP contribution in [-0.4, -0.2) is 64.1 Å². The van der Waals surface area contributed by atoms with Gasteiger partial charge in [0, 0.05) is 16.3 Å². The molecule has 244 valence electrons. The third-order valence-corrected chi connectivity index (χ3v) is 9.75. The van der Waals surface area contributed by atoms with Gasteiger partial charge in [-0.15, -0.1) is 0 Å². The molecule has 0 radical (unpaired) electrons. The van der Waals surface area contributed by atoms with Gasteiger partial charge in [-0.3, -0.25) is 13.9 Å². The zero-order valence-electron chi connectivity index (χ0n) is 22.6. The second-order valence-corrected chi connectivity index (χ2v) is 13.1. The molecule has 19 heteroatoms. The van der Waals surface area contributed by atoms with Gasteiger partial charge in [0.05, 0.1) is 21.7 Å². The summed E-state index contributed by atoms with van der Waals surface area (Å²) in [7, 11) is -10.1. The van der Waals surface area contributed by atoms with E-state index in [0.29, 0.717) is 30.5 Å². The molecule has 0 aliphatic rings. The van der Waals surface area contributed by atoms with Crippen LogP contribution in [0.4, 0.5) is 42.2 Å². The van der Waals surface area contributed by atoms with E-state index in [1.54, 1.807) is 0 Å². The number of alkyl halides is 6. The first-order chi connectivity index (χ1) is 21.2. The Labute approximate surface area is 255 Å². The number of carbonyl (C=O) groups excluding carboxylic acids is 1. The Morgan fingerprint density at radius 1 is 0.739 bits per heavy atom. The molecule has 1 heterocycles. The number of aliphatic carboxylic acids is 1. The lowest BCUT2D eigenvalue weighted by atomic mass is 10.1. The van der Waals surface area contributed by atoms with Crippen molar-refractivity contribution in [2.45, 2.75) is 22.1 Å². The first-order valence-corrected chi connectivity index (χ1v) is 15.3. The van der Waals surface area contributed by atoms with Crippen LogP contribution in [0.3, 0.4) is 0 Å². The highest BCUT2D eigenvalue weighted by molar-refractivity contribution is 7.93. The minimum Gasteiger partial charge on any atom is -0.480 e. The molecule has 1 aromatic heterocycles. The zero-order valence-corrected chi connectivity index (χ0v) is 24.3. The van der Waals surface area contributed by atoms with Gasteiger partial charge < -0.3 is 5.11 Å². The molecule has 4 aromatic rings. The first-order valence-electron chi connectivity index (χ1n) is 12.4. The van der Waals surface area contributed by atoms with Crippen molar-refractivity contribution in [2.75, 3.05) is 21.7 Å². The van der Waals surface area contributed by atoms with E-state index in [-0.39, 0.29) is 19.4 Å². The molecule has 0 aliphatic heterocycles. The van der Waals surface area contributed by atoms with Crippen molar-refractivity contribution in [3.05, 3.63) is 90.4 Å². The predicted octanol–water partition coefficient (Wildman–Crippen LogP) is 5.16. The van der Waals surface area contributed by atoms with Gasteiger partial charge in [-0.05, 0) is 48.5 Å². The van der Waals surface area contributed by atoms with Crippen LogP contribution in [0.5, 0.6) is 0 Å². The molecule has 3 aromatic carbocycles. The van der Waals surface area contributed by atoms with Gasteiger partial charge in [-0.2, -0.15) is 26.3 Å². The number of anilines is 2. The van der Waals surface area contributed by atoms with Crippen LogP contribution in [0.25, 0.3) is 10.8 Å². The number of carboxylic acids is 1. The number of benzene rings is 3. The van der Waals surface area contributed by atoms with Gasteiger partial charge in [-0.25, -0.2) is 30.5 Å². The SMILES string of the molecule is O=C(O)CN(c1ncc(N(CC(F)(F)F)S(=O)(=O)c2ccc(C(=O)C(F)(F)F)cc2)c2ccccc12)S(=O)(=O)c1ccc(F)cc1. The molecule has 0 amide bonds. The quantitative estimate of drug-likeness (QED) is 0.178. The number of carboxylic acid groups (broad SMARTS) is 1. The number of sulfonamides is 2. The third-order valence-electron chi connectivity index (χ3n) is 6.22. The number of nitrogens with zero attached hydrogens (tertiary/aromatic N) is 3. The van der Waals surface area contributed by atoms with Crippen molar-refractivity contribution in [1.82, 2.24) is 4.98 Å². The summed E-state index contributed by atoms with van der Waals surface area (Å²) in [6, 6.07) is 9.95. The fraction of sp³-hybridized carbons (Fsp3) is 0.148. The van der Waals surface area contributed by atoms with Crippen LogP contribution in [0, 0.1) is 5.82 Å². The van der Waals surface area contributed by atoms with Crippen molar-refractivity contribution in [1.29, 1.82) is 0 Å². The number of aromatic nitrogens is 1. The summed E-state index contributed by atoms with van der Waals surface area (Å²) in [6.45, 7) is -3.44. The Balaban J connectivity index is 1.92. The maximum absolute atomic E-state index is 13.8. The molecule has 0 saturated heterocycles. The molecule has 0 unspecified atom stereocenters. The van der Waals surface area contributed by atoms with E-state index in [2.05, 4.69) is 4.98 Å². The van der Waals surface area contributed by atoms with E-state index >= 15 is 0 Å². The minimum absolute atomic E-state index is 0.164. The van der Waals surface area contributed by atoms with Crippen LogP contribution < -0.4 is 8.61 Å². The molecule has 0 fully saturated rings. The molecule has 0 saturated carbocycles. The number of rotatable bonds is 10. The fourth-order valence-electron chi connectivity index (χ4n) is 4.22. The molecule has 4 rings (SSSR count). The number of carbonyl (C=O) groups is 2. The number of Topliss-reactive ketones (excluding diaryl/α,β-unsaturated/α-hetero) is 1. The molecule has 46 heavy (non-hydrogen) atoms. The highest BCUT2D eigenvalue weighted by Crippen LogP contribution is 2.38. The van der Waals surface area contributed by atoms with Crippen molar-refractivity contribution in [3.8, 4) is 0 Å². The molecule has 0 bridgehead atoms. The number of pyridine rings is 1. The number of hydrogen-bond donors (Lipinski definition) is 1. The Bertz CT molecular complexity index is 2020. The van der Waals surface area contributed by atoms with Crippen molar-refractivity contribution in [2.24, 2.45) is 0 Å². The van der Waals surface area contributed by atoms with E-state index < -0.39 is 89.9 Å². The van der Waals surface area contributed by atoms with Gasteiger partial charge in [-0.1, -0.05) is 24.3 Å². The molecule has 0 atom stereocenters. The summed E-state index contributed by atoms with van der Waals surface area (Å²) in [5, 5.41) is 8.81. The zero-order chi connectivity index (χ0) is 34.2. The highest BCUT2D eigenvalue weighted by atomic mass is 32.2. The summed E-state index contributed by atoms with van der Waals surface area (Å²) in [5.41, 5.74) is -1.74. The summed E-state index contributed by atoms with van der Waals surface area (Å²) in [6.07, 6.45) is -9.97. The molecular formula is C27H18F7N3O7S2. The van der Waals surface area contributed by atoms with Gasteiger partial charge in [0.25, 0.3) is 25.8 Å². The van der Waals surface area contributed by atoms with E-state index in [9.17, 15) is 62.3 Å². The number of fused-ring (bicyclic) bond motifs is 1. The average Bonchev–Trinajstić information content (AvgIpc) is 2.97. The van der Waals surface area contributed by atoms with Gasteiger partial charge in [0.2, 0.25) is 0 Å². The Hall–Kier alpha value is -4.78. The van der Waals surface area contributed by atoms with E-state index in [4.69, 9.17) is 0 Å². The predicted molar refractivity (Wildman–Crippen MR) is 148 cm³/mol. The van der Waals surface area contributed by atoms with Crippen LogP contribution in [0.15, 0.2) is 88.8 Å². The maximum Gasteiger partial charge on any atom is 0.454 e. The van der Waals surface area contributed by atoms with Crippen LogP contribution >= 0.6 is 0 Å². The van der Waals surface area contributed by atoms with Gasteiger partial charge in [0.1, 0.15) is 18.9 Å². The van der Waals surface area contributed by atoms with E-state index in [1.807, 2.05) is 0 Å². The van der Waals surface area contributed by atoms with Gasteiger partial charge in [0.15, 0.2) is 5.82 Å². The number of hydrogen-bond acceptors (Lipinski definition) is 7. The monoisotopic (exact) mass is 693 g/mol. The molecule has 0 spiro atoms. The number of ketones is 1. The topological polar surface area (TPSA) is 142 Å². The van der Waals surface area contributed by atoms with Crippen LogP contribution in [0.1, 0.15) is 10.4 Å². The van der Waals surface area contributed by atoms with Crippen LogP contribution in [-0.2, 0) is 24.8 Å². The second kappa shape index (κ2) is 12.2. The lowest BCUT2D eigenvalue weighted by Crippen LogP contribution is -2.40. The third kappa shape index (κ3) is 7.04. The summed E-state index contributed by atoms with van der Waals surface area (Å²) >= 11 is 0. The summed E-state index contributed by atoms with van der Waals surface area (Å²) in [4.78, 5) is 25.6. The molecule has 10 nitrogen and oxygen atoms in total. The van der Waals surface area contributed by atoms with E-state index in [1.165, 1.54) is 12.1 Å². The summed E-state index contributed by atoms with van der Waals surface area (Å²) < 4.78 is 147. The fourth-order valence-corrected chi connectivity index (χ4v) is 7.07. The number of halogens is 7. The minimum atomic E-state index is -5.31. The van der Waals surface area contributed by atoms with Gasteiger partial charge >= 0.3 is 18.3 Å². The smallest absolute Gasteiger partial charge is 0.454 e.